The number of hydrogen-bond donors (Lipinski definition) is 1. The lowest BCUT2D eigenvalue weighted by Gasteiger charge is -2.23. The average Bonchev–Trinajstić information content (AvgIpc) is 3.31. The Balaban J connectivity index is 1.38. The molecule has 0 saturated heterocycles. The normalized spacial score (nSPS) is 11.2. The number of rotatable bonds is 8. The van der Waals surface area contributed by atoms with Crippen LogP contribution < -0.4 is 10.2 Å². The summed E-state index contributed by atoms with van der Waals surface area (Å²) in [6.45, 7) is 7.04. The first-order valence-electron chi connectivity index (χ1n) is 11.3. The van der Waals surface area contributed by atoms with Crippen LogP contribution in [0.4, 0.5) is 11.6 Å². The third-order valence-corrected chi connectivity index (χ3v) is 5.74. The van der Waals surface area contributed by atoms with Crippen molar-refractivity contribution in [3.8, 4) is 11.4 Å². The molecule has 0 amide bonds. The summed E-state index contributed by atoms with van der Waals surface area (Å²) in [5.74, 6) is 1.34. The maximum absolute atomic E-state index is 4.84. The highest BCUT2D eigenvalue weighted by molar-refractivity contribution is 5.92. The second-order valence-electron chi connectivity index (χ2n) is 8.06. The minimum atomic E-state index is 0.640. The van der Waals surface area contributed by atoms with Crippen LogP contribution in [0.3, 0.4) is 0 Å². The summed E-state index contributed by atoms with van der Waals surface area (Å²) in [5, 5.41) is 9.22. The van der Waals surface area contributed by atoms with Gasteiger partial charge >= 0.3 is 0 Å². The predicted molar refractivity (Wildman–Crippen MR) is 134 cm³/mol. The maximum atomic E-state index is 4.84. The van der Waals surface area contributed by atoms with Gasteiger partial charge < -0.3 is 10.2 Å². The molecule has 0 bridgehead atoms. The van der Waals surface area contributed by atoms with Crippen molar-refractivity contribution in [1.29, 1.82) is 0 Å². The Morgan fingerprint density at radius 3 is 2.73 bits per heavy atom. The largest absolute Gasteiger partial charge is 0.372 e. The molecule has 0 aliphatic rings. The summed E-state index contributed by atoms with van der Waals surface area (Å²) >= 11 is 0. The lowest BCUT2D eigenvalue weighted by molar-refractivity contribution is 0.762. The summed E-state index contributed by atoms with van der Waals surface area (Å²) < 4.78 is 1.81. The molecule has 0 unspecified atom stereocenters. The molecule has 33 heavy (non-hydrogen) atoms. The van der Waals surface area contributed by atoms with E-state index in [1.54, 1.807) is 12.4 Å². The van der Waals surface area contributed by atoms with Crippen molar-refractivity contribution in [2.24, 2.45) is 0 Å². The molecule has 1 N–H and O–H groups in total. The van der Waals surface area contributed by atoms with Crippen molar-refractivity contribution in [2.45, 2.75) is 20.3 Å². The van der Waals surface area contributed by atoms with Crippen molar-refractivity contribution < 1.29 is 0 Å². The lowest BCUT2D eigenvalue weighted by Crippen LogP contribution is -2.25. The monoisotopic (exact) mass is 437 g/mol. The van der Waals surface area contributed by atoms with Gasteiger partial charge in [-0.15, -0.1) is 5.10 Å². The number of pyridine rings is 1. The number of benzene rings is 2. The topological polar surface area (TPSA) is 71.2 Å². The third kappa shape index (κ3) is 4.35. The summed E-state index contributed by atoms with van der Waals surface area (Å²) in [5.41, 5.74) is 5.11. The molecule has 7 heteroatoms. The highest BCUT2D eigenvalue weighted by Gasteiger charge is 2.14. The van der Waals surface area contributed by atoms with Gasteiger partial charge in [0.15, 0.2) is 11.5 Å². The van der Waals surface area contributed by atoms with Crippen LogP contribution in [0.1, 0.15) is 18.9 Å². The van der Waals surface area contributed by atoms with E-state index in [1.165, 1.54) is 11.3 Å². The van der Waals surface area contributed by atoms with Crippen molar-refractivity contribution in [3.63, 3.8) is 0 Å². The van der Waals surface area contributed by atoms with Crippen LogP contribution in [0, 0.1) is 6.92 Å². The Bertz CT molecular complexity index is 1380. The Morgan fingerprint density at radius 2 is 1.91 bits per heavy atom. The Labute approximate surface area is 193 Å². The third-order valence-electron chi connectivity index (χ3n) is 5.74. The SMILES string of the molecule is CCN(CCCNc1nc2ccccc2c2nc(-c3cccnc3)nn12)c1cccc(C)c1. The number of nitrogens with one attached hydrogen (secondary N) is 1. The fourth-order valence-corrected chi connectivity index (χ4v) is 4.05. The summed E-state index contributed by atoms with van der Waals surface area (Å²) in [7, 11) is 0. The zero-order chi connectivity index (χ0) is 22.6. The number of anilines is 2. The van der Waals surface area contributed by atoms with Gasteiger partial charge in [-0.3, -0.25) is 4.98 Å². The smallest absolute Gasteiger partial charge is 0.226 e. The van der Waals surface area contributed by atoms with Gasteiger partial charge in [-0.1, -0.05) is 24.3 Å². The molecule has 3 heterocycles. The Morgan fingerprint density at radius 1 is 1.00 bits per heavy atom. The first-order chi connectivity index (χ1) is 16.2. The van der Waals surface area contributed by atoms with Gasteiger partial charge in [0.25, 0.3) is 0 Å². The van der Waals surface area contributed by atoms with E-state index in [0.29, 0.717) is 11.8 Å². The molecular formula is C26H27N7. The van der Waals surface area contributed by atoms with Crippen LogP contribution in [0.25, 0.3) is 27.9 Å². The van der Waals surface area contributed by atoms with Gasteiger partial charge in [-0.2, -0.15) is 4.52 Å². The van der Waals surface area contributed by atoms with Gasteiger partial charge in [0.05, 0.1) is 5.52 Å². The quantitative estimate of drug-likeness (QED) is 0.345. The zero-order valence-corrected chi connectivity index (χ0v) is 18.9. The number of fused-ring (bicyclic) bond motifs is 3. The predicted octanol–water partition coefficient (Wildman–Crippen LogP) is 4.98. The molecule has 3 aromatic heterocycles. The van der Waals surface area contributed by atoms with E-state index >= 15 is 0 Å². The van der Waals surface area contributed by atoms with Crippen LogP contribution >= 0.6 is 0 Å². The minimum absolute atomic E-state index is 0.640. The van der Waals surface area contributed by atoms with E-state index in [9.17, 15) is 0 Å². The van der Waals surface area contributed by atoms with E-state index in [-0.39, 0.29) is 0 Å². The summed E-state index contributed by atoms with van der Waals surface area (Å²) in [6.07, 6.45) is 4.50. The number of nitrogens with zero attached hydrogens (tertiary/aromatic N) is 6. The Kier molecular flexibility index (Phi) is 5.85. The van der Waals surface area contributed by atoms with Crippen LogP contribution in [0.5, 0.6) is 0 Å². The first-order valence-corrected chi connectivity index (χ1v) is 11.3. The molecule has 5 rings (SSSR count). The van der Waals surface area contributed by atoms with Gasteiger partial charge in [0.1, 0.15) is 0 Å². The van der Waals surface area contributed by atoms with E-state index in [2.05, 4.69) is 53.3 Å². The van der Waals surface area contributed by atoms with Crippen LogP contribution in [0.15, 0.2) is 73.1 Å². The van der Waals surface area contributed by atoms with Gasteiger partial charge in [-0.05, 0) is 62.2 Å². The molecule has 0 fully saturated rings. The van der Waals surface area contributed by atoms with E-state index in [0.717, 1.165) is 48.2 Å². The minimum Gasteiger partial charge on any atom is -0.372 e. The summed E-state index contributed by atoms with van der Waals surface area (Å²) in [4.78, 5) is 16.3. The molecule has 0 spiro atoms. The highest BCUT2D eigenvalue weighted by Crippen LogP contribution is 2.24. The second kappa shape index (κ2) is 9.24. The van der Waals surface area contributed by atoms with Crippen molar-refractivity contribution >= 4 is 28.2 Å². The van der Waals surface area contributed by atoms with Crippen molar-refractivity contribution in [3.05, 3.63) is 78.6 Å². The van der Waals surface area contributed by atoms with E-state index in [4.69, 9.17) is 15.1 Å². The fourth-order valence-electron chi connectivity index (χ4n) is 4.05. The molecule has 5 aromatic rings. The molecular weight excluding hydrogens is 410 g/mol. The van der Waals surface area contributed by atoms with E-state index < -0.39 is 0 Å². The summed E-state index contributed by atoms with van der Waals surface area (Å²) in [6, 6.07) is 20.6. The fraction of sp³-hybridized carbons (Fsp3) is 0.231. The lowest BCUT2D eigenvalue weighted by atomic mass is 10.2. The van der Waals surface area contributed by atoms with Gasteiger partial charge in [0, 0.05) is 48.7 Å². The van der Waals surface area contributed by atoms with E-state index in [1.807, 2.05) is 40.9 Å². The molecule has 0 atom stereocenters. The number of aryl methyl sites for hydroxylation is 1. The highest BCUT2D eigenvalue weighted by atomic mass is 15.4. The molecule has 0 aliphatic carbocycles. The molecule has 7 nitrogen and oxygen atoms in total. The number of hydrogen-bond acceptors (Lipinski definition) is 6. The second-order valence-corrected chi connectivity index (χ2v) is 8.06. The number of para-hydroxylation sites is 1. The van der Waals surface area contributed by atoms with Crippen LogP contribution in [-0.4, -0.2) is 44.2 Å². The maximum Gasteiger partial charge on any atom is 0.226 e. The molecule has 2 aromatic carbocycles. The standard InChI is InChI=1S/C26H27N7/c1-3-32(21-11-6-9-19(2)17-21)16-8-15-28-26-29-23-13-5-4-12-22(23)25-30-24(31-33(25)26)20-10-7-14-27-18-20/h4-7,9-14,17-18H,3,8,15-16H2,1-2H3,(H,28,29). The average molecular weight is 438 g/mol. The van der Waals surface area contributed by atoms with Gasteiger partial charge in [-0.25, -0.2) is 9.97 Å². The van der Waals surface area contributed by atoms with Gasteiger partial charge in [0.2, 0.25) is 5.95 Å². The molecule has 0 radical (unpaired) electrons. The molecule has 0 aliphatic heterocycles. The Hall–Kier alpha value is -4.00. The van der Waals surface area contributed by atoms with Crippen molar-refractivity contribution in [1.82, 2.24) is 24.6 Å². The molecule has 0 saturated carbocycles. The molecule has 166 valence electrons. The number of aromatic nitrogens is 5. The van der Waals surface area contributed by atoms with Crippen LogP contribution in [-0.2, 0) is 0 Å². The van der Waals surface area contributed by atoms with Crippen LogP contribution in [0.2, 0.25) is 0 Å². The first kappa shape index (κ1) is 20.9. The van der Waals surface area contributed by atoms with Crippen molar-refractivity contribution in [2.75, 3.05) is 29.9 Å². The zero-order valence-electron chi connectivity index (χ0n) is 18.9.